The summed E-state index contributed by atoms with van der Waals surface area (Å²) in [5.41, 5.74) is 5.90. The summed E-state index contributed by atoms with van der Waals surface area (Å²) in [5, 5.41) is 0. The van der Waals surface area contributed by atoms with Crippen LogP contribution in [0.3, 0.4) is 0 Å². The standard InChI is InChI=1S/C19H21N3O4/c23-17(9-8-14-5-2-1-3-6-14)20-21-19(25)15-11-18(24)22(12-15)13-16-7-4-10-26-16/h1-7,10,15H,8-9,11-13H2,(H,20,23)(H,21,25). The van der Waals surface area contributed by atoms with Crippen molar-refractivity contribution >= 4 is 17.7 Å². The highest BCUT2D eigenvalue weighted by atomic mass is 16.3. The molecule has 0 spiro atoms. The van der Waals surface area contributed by atoms with Gasteiger partial charge in [-0.25, -0.2) is 0 Å². The van der Waals surface area contributed by atoms with Gasteiger partial charge in [-0.1, -0.05) is 30.3 Å². The molecule has 3 amide bonds. The molecule has 2 heterocycles. The van der Waals surface area contributed by atoms with Crippen molar-refractivity contribution in [1.82, 2.24) is 15.8 Å². The van der Waals surface area contributed by atoms with Crippen LogP contribution in [0.5, 0.6) is 0 Å². The summed E-state index contributed by atoms with van der Waals surface area (Å²) in [6.07, 6.45) is 2.55. The summed E-state index contributed by atoms with van der Waals surface area (Å²) in [4.78, 5) is 37.7. The maximum absolute atomic E-state index is 12.2. The van der Waals surface area contributed by atoms with Crippen molar-refractivity contribution in [2.45, 2.75) is 25.8 Å². The summed E-state index contributed by atoms with van der Waals surface area (Å²) in [5.74, 6) is -0.523. The number of furan rings is 1. The number of hydrogen-bond acceptors (Lipinski definition) is 4. The molecule has 1 aromatic heterocycles. The summed E-state index contributed by atoms with van der Waals surface area (Å²) >= 11 is 0. The highest BCUT2D eigenvalue weighted by molar-refractivity contribution is 5.90. The van der Waals surface area contributed by atoms with Crippen LogP contribution in [0, 0.1) is 5.92 Å². The maximum Gasteiger partial charge on any atom is 0.243 e. The predicted molar refractivity (Wildman–Crippen MR) is 93.3 cm³/mol. The van der Waals surface area contributed by atoms with E-state index in [4.69, 9.17) is 4.42 Å². The number of likely N-dealkylation sites (tertiary alicyclic amines) is 1. The van der Waals surface area contributed by atoms with E-state index in [1.807, 2.05) is 30.3 Å². The van der Waals surface area contributed by atoms with Gasteiger partial charge in [0.05, 0.1) is 18.7 Å². The number of nitrogens with one attached hydrogen (secondary N) is 2. The largest absolute Gasteiger partial charge is 0.467 e. The van der Waals surface area contributed by atoms with E-state index in [-0.39, 0.29) is 30.6 Å². The molecule has 1 unspecified atom stereocenters. The van der Waals surface area contributed by atoms with E-state index < -0.39 is 5.92 Å². The zero-order valence-electron chi connectivity index (χ0n) is 14.3. The molecule has 0 saturated carbocycles. The molecule has 1 aromatic carbocycles. The summed E-state index contributed by atoms with van der Waals surface area (Å²) in [6, 6.07) is 13.2. The van der Waals surface area contributed by atoms with Crippen molar-refractivity contribution in [2.75, 3.05) is 6.54 Å². The normalized spacial score (nSPS) is 16.5. The number of hydrazine groups is 1. The van der Waals surface area contributed by atoms with Gasteiger partial charge < -0.3 is 9.32 Å². The molecule has 1 saturated heterocycles. The number of carbonyl (C=O) groups is 3. The number of amides is 3. The second-order valence-electron chi connectivity index (χ2n) is 6.28. The molecule has 7 heteroatoms. The molecular weight excluding hydrogens is 334 g/mol. The molecule has 0 radical (unpaired) electrons. The van der Waals surface area contributed by atoms with Crippen LogP contribution in [0.1, 0.15) is 24.2 Å². The third kappa shape index (κ3) is 4.72. The monoisotopic (exact) mass is 355 g/mol. The molecule has 1 aliphatic rings. The van der Waals surface area contributed by atoms with E-state index in [0.29, 0.717) is 25.3 Å². The Bertz CT molecular complexity index is 758. The summed E-state index contributed by atoms with van der Waals surface area (Å²) in [7, 11) is 0. The van der Waals surface area contributed by atoms with Gasteiger partial charge in [0.25, 0.3) is 0 Å². The van der Waals surface area contributed by atoms with Crippen LogP contribution >= 0.6 is 0 Å². The first-order valence-corrected chi connectivity index (χ1v) is 8.54. The van der Waals surface area contributed by atoms with Gasteiger partial charge in [0.1, 0.15) is 5.76 Å². The third-order valence-electron chi connectivity index (χ3n) is 4.32. The third-order valence-corrected chi connectivity index (χ3v) is 4.32. The van der Waals surface area contributed by atoms with Gasteiger partial charge >= 0.3 is 0 Å². The molecule has 0 bridgehead atoms. The molecule has 1 atom stereocenters. The Morgan fingerprint density at radius 2 is 1.92 bits per heavy atom. The van der Waals surface area contributed by atoms with Crippen molar-refractivity contribution in [3.8, 4) is 0 Å². The van der Waals surface area contributed by atoms with Crippen LogP contribution in [0.4, 0.5) is 0 Å². The van der Waals surface area contributed by atoms with Crippen molar-refractivity contribution < 1.29 is 18.8 Å². The van der Waals surface area contributed by atoms with Gasteiger partial charge in [0.2, 0.25) is 17.7 Å². The zero-order valence-corrected chi connectivity index (χ0v) is 14.3. The zero-order chi connectivity index (χ0) is 18.4. The van der Waals surface area contributed by atoms with Gasteiger partial charge in [-0.3, -0.25) is 25.2 Å². The molecule has 1 aliphatic heterocycles. The minimum Gasteiger partial charge on any atom is -0.467 e. The lowest BCUT2D eigenvalue weighted by atomic mass is 10.1. The molecule has 2 aromatic rings. The summed E-state index contributed by atoms with van der Waals surface area (Å²) in [6.45, 7) is 0.657. The Labute approximate surface area is 151 Å². The van der Waals surface area contributed by atoms with Crippen LogP contribution < -0.4 is 10.9 Å². The lowest BCUT2D eigenvalue weighted by Crippen LogP contribution is -2.45. The van der Waals surface area contributed by atoms with Gasteiger partial charge in [-0.2, -0.15) is 0 Å². The van der Waals surface area contributed by atoms with Gasteiger partial charge in [-0.15, -0.1) is 0 Å². The van der Waals surface area contributed by atoms with Crippen molar-refractivity contribution in [3.63, 3.8) is 0 Å². The number of rotatable bonds is 6. The lowest BCUT2D eigenvalue weighted by molar-refractivity contribution is -0.131. The quantitative estimate of drug-likeness (QED) is 0.767. The van der Waals surface area contributed by atoms with E-state index in [1.54, 1.807) is 23.3 Å². The highest BCUT2D eigenvalue weighted by Gasteiger charge is 2.34. The Kier molecular flexibility index (Phi) is 5.68. The van der Waals surface area contributed by atoms with Crippen LogP contribution in [-0.2, 0) is 27.3 Å². The summed E-state index contributed by atoms with van der Waals surface area (Å²) < 4.78 is 5.23. The van der Waals surface area contributed by atoms with E-state index in [2.05, 4.69) is 10.9 Å². The fourth-order valence-electron chi connectivity index (χ4n) is 2.89. The van der Waals surface area contributed by atoms with Crippen LogP contribution in [0.25, 0.3) is 0 Å². The first kappa shape index (κ1) is 17.7. The smallest absolute Gasteiger partial charge is 0.243 e. The average molecular weight is 355 g/mol. The molecule has 0 aliphatic carbocycles. The van der Waals surface area contributed by atoms with Gasteiger partial charge in [0, 0.05) is 19.4 Å². The number of benzene rings is 1. The van der Waals surface area contributed by atoms with Gasteiger partial charge in [-0.05, 0) is 24.1 Å². The van der Waals surface area contributed by atoms with Crippen molar-refractivity contribution in [2.24, 2.45) is 5.92 Å². The first-order valence-electron chi connectivity index (χ1n) is 8.54. The highest BCUT2D eigenvalue weighted by Crippen LogP contribution is 2.20. The number of carbonyl (C=O) groups excluding carboxylic acids is 3. The molecule has 1 fully saturated rings. The Balaban J connectivity index is 1.40. The topological polar surface area (TPSA) is 91.7 Å². The maximum atomic E-state index is 12.2. The number of hydrogen-bond donors (Lipinski definition) is 2. The molecular formula is C19H21N3O4. The molecule has 26 heavy (non-hydrogen) atoms. The van der Waals surface area contributed by atoms with Crippen LogP contribution in [0.15, 0.2) is 53.1 Å². The lowest BCUT2D eigenvalue weighted by Gasteiger charge is -2.15. The molecule has 7 nitrogen and oxygen atoms in total. The SMILES string of the molecule is O=C(CCc1ccccc1)NNC(=O)C1CC(=O)N(Cc2ccco2)C1. The van der Waals surface area contributed by atoms with E-state index >= 15 is 0 Å². The Morgan fingerprint density at radius 3 is 2.65 bits per heavy atom. The minimum atomic E-state index is -0.480. The van der Waals surface area contributed by atoms with Crippen molar-refractivity contribution in [3.05, 3.63) is 60.1 Å². The molecule has 136 valence electrons. The van der Waals surface area contributed by atoms with E-state index in [0.717, 1.165) is 5.56 Å². The minimum absolute atomic E-state index is 0.100. The van der Waals surface area contributed by atoms with Gasteiger partial charge in [0.15, 0.2) is 0 Å². The van der Waals surface area contributed by atoms with Crippen LogP contribution in [-0.4, -0.2) is 29.2 Å². The first-order chi connectivity index (χ1) is 12.6. The van der Waals surface area contributed by atoms with Crippen molar-refractivity contribution in [1.29, 1.82) is 0 Å². The number of nitrogens with zero attached hydrogens (tertiary/aromatic N) is 1. The number of aryl methyl sites for hydroxylation is 1. The fraction of sp³-hybridized carbons (Fsp3) is 0.316. The van der Waals surface area contributed by atoms with E-state index in [9.17, 15) is 14.4 Å². The second kappa shape index (κ2) is 8.33. The average Bonchev–Trinajstić information content (AvgIpc) is 3.29. The fourth-order valence-corrected chi connectivity index (χ4v) is 2.89. The molecule has 2 N–H and O–H groups in total. The van der Waals surface area contributed by atoms with Crippen LogP contribution in [0.2, 0.25) is 0 Å². The van der Waals surface area contributed by atoms with E-state index in [1.165, 1.54) is 0 Å². The second-order valence-corrected chi connectivity index (χ2v) is 6.28. The predicted octanol–water partition coefficient (Wildman–Crippen LogP) is 1.41. The Hall–Kier alpha value is -3.09. The Morgan fingerprint density at radius 1 is 1.12 bits per heavy atom. The molecule has 3 rings (SSSR count).